The van der Waals surface area contributed by atoms with Crippen LogP contribution in [-0.2, 0) is 16.6 Å². The molecule has 0 atom stereocenters. The lowest BCUT2D eigenvalue weighted by atomic mass is 9.78. The summed E-state index contributed by atoms with van der Waals surface area (Å²) in [5.74, 6) is 1.27. The lowest BCUT2D eigenvalue weighted by molar-refractivity contribution is -0.0583. The number of rotatable bonds is 3. The van der Waals surface area contributed by atoms with Crippen molar-refractivity contribution in [2.75, 3.05) is 32.6 Å². The lowest BCUT2D eigenvalue weighted by Gasteiger charge is -2.42. The summed E-state index contributed by atoms with van der Waals surface area (Å²) in [5.41, 5.74) is 3.23. The molecule has 0 bridgehead atoms. The molecular weight excluding hydrogens is 230 g/mol. The smallest absolute Gasteiger partial charge is 0.0598 e. The van der Waals surface area contributed by atoms with Gasteiger partial charge in [0.25, 0.3) is 0 Å². The fourth-order valence-electron chi connectivity index (χ4n) is 2.75. The highest BCUT2D eigenvalue weighted by Gasteiger charge is 2.40. The SMILES string of the molecule is CNCC1(c2ccc3c(c2)CCCS3)COC1. The summed E-state index contributed by atoms with van der Waals surface area (Å²) in [5, 5.41) is 3.30. The first-order valence-corrected chi connectivity index (χ1v) is 7.31. The van der Waals surface area contributed by atoms with Gasteiger partial charge in [-0.3, -0.25) is 0 Å². The van der Waals surface area contributed by atoms with Gasteiger partial charge in [0.1, 0.15) is 0 Å². The summed E-state index contributed by atoms with van der Waals surface area (Å²) in [7, 11) is 2.02. The van der Waals surface area contributed by atoms with E-state index in [0.29, 0.717) is 0 Å². The molecule has 0 saturated carbocycles. The van der Waals surface area contributed by atoms with Gasteiger partial charge in [-0.25, -0.2) is 0 Å². The quantitative estimate of drug-likeness (QED) is 0.887. The number of ether oxygens (including phenoxy) is 1. The van der Waals surface area contributed by atoms with Crippen molar-refractivity contribution < 1.29 is 4.74 Å². The Morgan fingerprint density at radius 1 is 1.41 bits per heavy atom. The molecule has 0 amide bonds. The summed E-state index contributed by atoms with van der Waals surface area (Å²) >= 11 is 2.00. The minimum absolute atomic E-state index is 0.228. The van der Waals surface area contributed by atoms with E-state index >= 15 is 0 Å². The molecule has 0 spiro atoms. The molecule has 2 heterocycles. The molecule has 2 aliphatic rings. The first-order chi connectivity index (χ1) is 8.34. The van der Waals surface area contributed by atoms with Crippen LogP contribution in [0, 0.1) is 0 Å². The van der Waals surface area contributed by atoms with Gasteiger partial charge in [0.2, 0.25) is 0 Å². The molecular formula is C14H19NOS. The number of aryl methyl sites for hydroxylation is 1. The standard InChI is InChI=1S/C14H19NOS/c1-15-8-14(9-16-10-14)12-4-5-13-11(7-12)3-2-6-17-13/h4-5,7,15H,2-3,6,8-10H2,1H3. The van der Waals surface area contributed by atoms with E-state index in [2.05, 4.69) is 23.5 Å². The number of hydrogen-bond donors (Lipinski definition) is 1. The van der Waals surface area contributed by atoms with Gasteiger partial charge >= 0.3 is 0 Å². The maximum Gasteiger partial charge on any atom is 0.0598 e. The van der Waals surface area contributed by atoms with Crippen molar-refractivity contribution in [3.8, 4) is 0 Å². The molecule has 92 valence electrons. The van der Waals surface area contributed by atoms with Crippen LogP contribution in [0.15, 0.2) is 23.1 Å². The number of nitrogens with one attached hydrogen (secondary N) is 1. The topological polar surface area (TPSA) is 21.3 Å². The van der Waals surface area contributed by atoms with Crippen LogP contribution < -0.4 is 5.32 Å². The molecule has 1 aromatic rings. The molecule has 0 radical (unpaired) electrons. The highest BCUT2D eigenvalue weighted by atomic mass is 32.2. The molecule has 1 N–H and O–H groups in total. The van der Waals surface area contributed by atoms with Gasteiger partial charge in [-0.15, -0.1) is 11.8 Å². The van der Waals surface area contributed by atoms with E-state index < -0.39 is 0 Å². The molecule has 1 aromatic carbocycles. The predicted molar refractivity (Wildman–Crippen MR) is 71.9 cm³/mol. The molecule has 0 unspecified atom stereocenters. The zero-order valence-electron chi connectivity index (χ0n) is 10.3. The lowest BCUT2D eigenvalue weighted by Crippen LogP contribution is -2.52. The Bertz CT molecular complexity index is 415. The van der Waals surface area contributed by atoms with Crippen molar-refractivity contribution >= 4 is 11.8 Å². The van der Waals surface area contributed by atoms with Gasteiger partial charge in [0, 0.05) is 11.4 Å². The van der Waals surface area contributed by atoms with Gasteiger partial charge in [-0.2, -0.15) is 0 Å². The van der Waals surface area contributed by atoms with Crippen molar-refractivity contribution in [2.45, 2.75) is 23.2 Å². The summed E-state index contributed by atoms with van der Waals surface area (Å²) in [6.45, 7) is 2.73. The Hall–Kier alpha value is -0.510. The predicted octanol–water partition coefficient (Wildman–Crippen LogP) is 2.21. The van der Waals surface area contributed by atoms with E-state index in [4.69, 9.17) is 4.74 Å². The highest BCUT2D eigenvalue weighted by molar-refractivity contribution is 7.99. The number of thioether (sulfide) groups is 1. The average Bonchev–Trinajstić information content (AvgIpc) is 2.33. The van der Waals surface area contributed by atoms with Gasteiger partial charge < -0.3 is 10.1 Å². The number of hydrogen-bond acceptors (Lipinski definition) is 3. The molecule has 1 saturated heterocycles. The third-order valence-electron chi connectivity index (χ3n) is 3.79. The Labute approximate surface area is 107 Å². The largest absolute Gasteiger partial charge is 0.379 e. The van der Waals surface area contributed by atoms with Crippen LogP contribution in [0.5, 0.6) is 0 Å². The fourth-order valence-corrected chi connectivity index (χ4v) is 3.77. The van der Waals surface area contributed by atoms with E-state index in [0.717, 1.165) is 19.8 Å². The van der Waals surface area contributed by atoms with Crippen molar-refractivity contribution in [3.05, 3.63) is 29.3 Å². The summed E-state index contributed by atoms with van der Waals surface area (Å²) < 4.78 is 5.44. The number of benzene rings is 1. The summed E-state index contributed by atoms with van der Waals surface area (Å²) in [6, 6.07) is 7.03. The molecule has 17 heavy (non-hydrogen) atoms. The van der Waals surface area contributed by atoms with Crippen LogP contribution in [0.3, 0.4) is 0 Å². The van der Waals surface area contributed by atoms with Crippen LogP contribution in [-0.4, -0.2) is 32.6 Å². The average molecular weight is 249 g/mol. The minimum Gasteiger partial charge on any atom is -0.379 e. The normalized spacial score (nSPS) is 21.7. The Morgan fingerprint density at radius 3 is 3.00 bits per heavy atom. The van der Waals surface area contributed by atoms with Crippen molar-refractivity contribution in [2.24, 2.45) is 0 Å². The van der Waals surface area contributed by atoms with Crippen LogP contribution >= 0.6 is 11.8 Å². The van der Waals surface area contributed by atoms with Gasteiger partial charge in [0.05, 0.1) is 18.6 Å². The van der Waals surface area contributed by atoms with Crippen LogP contribution in [0.1, 0.15) is 17.5 Å². The molecule has 2 nitrogen and oxygen atoms in total. The third-order valence-corrected chi connectivity index (χ3v) is 4.99. The maximum absolute atomic E-state index is 5.44. The van der Waals surface area contributed by atoms with Crippen LogP contribution in [0.4, 0.5) is 0 Å². The second kappa shape index (κ2) is 4.63. The third kappa shape index (κ3) is 2.01. The van der Waals surface area contributed by atoms with Crippen LogP contribution in [0.2, 0.25) is 0 Å². The summed E-state index contributed by atoms with van der Waals surface area (Å²) in [6.07, 6.45) is 2.56. The second-order valence-electron chi connectivity index (χ2n) is 5.08. The van der Waals surface area contributed by atoms with E-state index in [1.807, 2.05) is 18.8 Å². The van der Waals surface area contributed by atoms with E-state index in [9.17, 15) is 0 Å². The maximum atomic E-state index is 5.44. The monoisotopic (exact) mass is 249 g/mol. The summed E-state index contributed by atoms with van der Waals surface area (Å²) in [4.78, 5) is 1.49. The number of fused-ring (bicyclic) bond motifs is 1. The zero-order chi connectivity index (χ0) is 11.7. The highest BCUT2D eigenvalue weighted by Crippen LogP contribution is 2.36. The molecule has 2 aliphatic heterocycles. The molecule has 3 rings (SSSR count). The Balaban J connectivity index is 1.92. The minimum atomic E-state index is 0.228. The van der Waals surface area contributed by atoms with E-state index in [-0.39, 0.29) is 5.41 Å². The van der Waals surface area contributed by atoms with E-state index in [1.54, 1.807) is 5.56 Å². The van der Waals surface area contributed by atoms with Crippen molar-refractivity contribution in [1.82, 2.24) is 5.32 Å². The molecule has 3 heteroatoms. The van der Waals surface area contributed by atoms with Crippen molar-refractivity contribution in [3.63, 3.8) is 0 Å². The Morgan fingerprint density at radius 2 is 2.29 bits per heavy atom. The van der Waals surface area contributed by atoms with Crippen molar-refractivity contribution in [1.29, 1.82) is 0 Å². The van der Waals surface area contributed by atoms with Gasteiger partial charge in [0.15, 0.2) is 0 Å². The first kappa shape index (κ1) is 11.6. The molecule has 0 aliphatic carbocycles. The Kier molecular flexibility index (Phi) is 3.16. The fraction of sp³-hybridized carbons (Fsp3) is 0.571. The van der Waals surface area contributed by atoms with Gasteiger partial charge in [-0.1, -0.05) is 12.1 Å². The van der Waals surface area contributed by atoms with Crippen LogP contribution in [0.25, 0.3) is 0 Å². The molecule has 1 fully saturated rings. The second-order valence-corrected chi connectivity index (χ2v) is 6.21. The molecule has 0 aromatic heterocycles. The zero-order valence-corrected chi connectivity index (χ0v) is 11.1. The number of likely N-dealkylation sites (N-methyl/N-ethyl adjacent to an activating group) is 1. The first-order valence-electron chi connectivity index (χ1n) is 6.33. The van der Waals surface area contributed by atoms with E-state index in [1.165, 1.54) is 29.1 Å². The van der Waals surface area contributed by atoms with Gasteiger partial charge in [-0.05, 0) is 42.8 Å².